The minimum absolute atomic E-state index is 0.0300. The lowest BCUT2D eigenvalue weighted by Crippen LogP contribution is -2.17. The fourth-order valence-electron chi connectivity index (χ4n) is 3.28. The monoisotopic (exact) mass is 360 g/mol. The molecule has 1 aliphatic carbocycles. The van der Waals surface area contributed by atoms with Crippen LogP contribution in [0.15, 0.2) is 24.3 Å². The molecule has 0 bridgehead atoms. The van der Waals surface area contributed by atoms with Crippen LogP contribution in [0, 0.1) is 0 Å². The summed E-state index contributed by atoms with van der Waals surface area (Å²) in [4.78, 5) is 24.3. The number of unbranched alkanes of at least 4 members (excludes halogenated alkanes) is 4. The number of carbonyl (C=O) groups is 2. The third-order valence-corrected chi connectivity index (χ3v) is 4.91. The summed E-state index contributed by atoms with van der Waals surface area (Å²) in [6.07, 6.45) is 12.2. The van der Waals surface area contributed by atoms with Crippen LogP contribution in [0.1, 0.15) is 98.3 Å². The number of hydrogen-bond acceptors (Lipinski definition) is 4. The summed E-state index contributed by atoms with van der Waals surface area (Å²) in [5.41, 5.74) is 0.968. The lowest BCUT2D eigenvalue weighted by atomic mass is 10.1. The summed E-state index contributed by atoms with van der Waals surface area (Å²) in [6.45, 7) is 2.63. The van der Waals surface area contributed by atoms with Crippen molar-refractivity contribution in [1.82, 2.24) is 0 Å². The molecule has 1 aromatic rings. The van der Waals surface area contributed by atoms with E-state index in [1.165, 1.54) is 32.1 Å². The summed E-state index contributed by atoms with van der Waals surface area (Å²) < 4.78 is 10.9. The Labute approximate surface area is 157 Å². The highest BCUT2D eigenvalue weighted by Gasteiger charge is 2.18. The highest BCUT2D eigenvalue weighted by molar-refractivity contribution is 5.93. The second kappa shape index (κ2) is 11.7. The van der Waals surface area contributed by atoms with Crippen LogP contribution in [0.3, 0.4) is 0 Å². The molecule has 0 radical (unpaired) electrons. The topological polar surface area (TPSA) is 52.6 Å². The Morgan fingerprint density at radius 1 is 0.846 bits per heavy atom. The molecule has 1 aromatic carbocycles. The Hall–Kier alpha value is -1.84. The third kappa shape index (κ3) is 7.19. The van der Waals surface area contributed by atoms with E-state index in [0.717, 1.165) is 38.5 Å². The summed E-state index contributed by atoms with van der Waals surface area (Å²) in [7, 11) is 0. The first-order valence-electron chi connectivity index (χ1n) is 10.2. The minimum atomic E-state index is -0.329. The number of hydrogen-bond donors (Lipinski definition) is 0. The van der Waals surface area contributed by atoms with Gasteiger partial charge in [0.25, 0.3) is 0 Å². The lowest BCUT2D eigenvalue weighted by Gasteiger charge is -2.15. The average molecular weight is 360 g/mol. The summed E-state index contributed by atoms with van der Waals surface area (Å²) in [6, 6.07) is 6.58. The molecule has 144 valence electrons. The Kier molecular flexibility index (Phi) is 9.22. The smallest absolute Gasteiger partial charge is 0.338 e. The first-order valence-corrected chi connectivity index (χ1v) is 10.2. The fraction of sp³-hybridized carbons (Fsp3) is 0.636. The molecular weight excluding hydrogens is 328 g/mol. The highest BCUT2D eigenvalue weighted by Crippen LogP contribution is 2.21. The van der Waals surface area contributed by atoms with E-state index in [-0.39, 0.29) is 18.0 Å². The van der Waals surface area contributed by atoms with Crippen molar-refractivity contribution in [2.24, 2.45) is 0 Å². The van der Waals surface area contributed by atoms with Gasteiger partial charge in [0.2, 0.25) is 0 Å². The van der Waals surface area contributed by atoms with Crippen molar-refractivity contribution in [2.75, 3.05) is 6.61 Å². The van der Waals surface area contributed by atoms with Gasteiger partial charge in [0.05, 0.1) is 17.7 Å². The Morgan fingerprint density at radius 3 is 2.04 bits per heavy atom. The SMILES string of the molecule is CCCCCCCOC(=O)c1ccc(C(=O)OC2CCCCCC2)cc1. The van der Waals surface area contributed by atoms with E-state index in [2.05, 4.69) is 6.92 Å². The largest absolute Gasteiger partial charge is 0.462 e. The van der Waals surface area contributed by atoms with E-state index in [0.29, 0.717) is 17.7 Å². The summed E-state index contributed by atoms with van der Waals surface area (Å²) >= 11 is 0. The van der Waals surface area contributed by atoms with Crippen LogP contribution >= 0.6 is 0 Å². The van der Waals surface area contributed by atoms with Gasteiger partial charge in [0.15, 0.2) is 0 Å². The van der Waals surface area contributed by atoms with Gasteiger partial charge in [0.1, 0.15) is 6.10 Å². The molecule has 1 aliphatic rings. The second-order valence-electron chi connectivity index (χ2n) is 7.15. The summed E-state index contributed by atoms with van der Waals surface area (Å²) in [5.74, 6) is -0.628. The first-order chi connectivity index (χ1) is 12.7. The van der Waals surface area contributed by atoms with Crippen LogP contribution in [-0.2, 0) is 9.47 Å². The van der Waals surface area contributed by atoms with Gasteiger partial charge >= 0.3 is 11.9 Å². The Bertz CT molecular complexity index is 542. The molecule has 0 aromatic heterocycles. The number of esters is 2. The molecule has 1 fully saturated rings. The van der Waals surface area contributed by atoms with E-state index in [1.54, 1.807) is 24.3 Å². The van der Waals surface area contributed by atoms with Crippen LogP contribution in [-0.4, -0.2) is 24.6 Å². The summed E-state index contributed by atoms with van der Waals surface area (Å²) in [5, 5.41) is 0. The van der Waals surface area contributed by atoms with Crippen molar-refractivity contribution in [3.05, 3.63) is 35.4 Å². The van der Waals surface area contributed by atoms with E-state index >= 15 is 0 Å². The van der Waals surface area contributed by atoms with Crippen molar-refractivity contribution in [1.29, 1.82) is 0 Å². The predicted octanol–water partition coefficient (Wildman–Crippen LogP) is 5.69. The van der Waals surface area contributed by atoms with Gasteiger partial charge in [-0.1, -0.05) is 45.4 Å². The van der Waals surface area contributed by atoms with Crippen molar-refractivity contribution < 1.29 is 19.1 Å². The Morgan fingerprint density at radius 2 is 1.42 bits per heavy atom. The van der Waals surface area contributed by atoms with Crippen LogP contribution < -0.4 is 0 Å². The predicted molar refractivity (Wildman–Crippen MR) is 102 cm³/mol. The van der Waals surface area contributed by atoms with Crippen molar-refractivity contribution in [3.8, 4) is 0 Å². The molecular formula is C22H32O4. The minimum Gasteiger partial charge on any atom is -0.462 e. The van der Waals surface area contributed by atoms with E-state index in [4.69, 9.17) is 9.47 Å². The van der Waals surface area contributed by atoms with Gasteiger partial charge in [-0.2, -0.15) is 0 Å². The molecule has 0 N–H and O–H groups in total. The molecule has 0 amide bonds. The van der Waals surface area contributed by atoms with E-state index in [1.807, 2.05) is 0 Å². The van der Waals surface area contributed by atoms with E-state index in [9.17, 15) is 9.59 Å². The maximum atomic E-state index is 12.3. The molecule has 4 heteroatoms. The first kappa shape index (κ1) is 20.5. The van der Waals surface area contributed by atoms with E-state index < -0.39 is 0 Å². The number of carbonyl (C=O) groups excluding carboxylic acids is 2. The molecule has 1 saturated carbocycles. The maximum absolute atomic E-state index is 12.3. The van der Waals surface area contributed by atoms with Gasteiger partial charge in [-0.05, 0) is 56.4 Å². The number of benzene rings is 1. The quantitative estimate of drug-likeness (QED) is 0.322. The van der Waals surface area contributed by atoms with Gasteiger partial charge in [-0.15, -0.1) is 0 Å². The molecule has 0 heterocycles. The van der Waals surface area contributed by atoms with Crippen molar-refractivity contribution >= 4 is 11.9 Å². The highest BCUT2D eigenvalue weighted by atomic mass is 16.5. The zero-order valence-corrected chi connectivity index (χ0v) is 16.0. The normalized spacial score (nSPS) is 15.3. The van der Waals surface area contributed by atoms with Crippen LogP contribution in [0.2, 0.25) is 0 Å². The average Bonchev–Trinajstić information content (AvgIpc) is 2.93. The van der Waals surface area contributed by atoms with Crippen molar-refractivity contribution in [3.63, 3.8) is 0 Å². The molecule has 0 unspecified atom stereocenters. The second-order valence-corrected chi connectivity index (χ2v) is 7.15. The van der Waals surface area contributed by atoms with Gasteiger partial charge < -0.3 is 9.47 Å². The van der Waals surface area contributed by atoms with Gasteiger partial charge in [0, 0.05) is 0 Å². The number of rotatable bonds is 9. The third-order valence-electron chi connectivity index (χ3n) is 4.91. The maximum Gasteiger partial charge on any atom is 0.338 e. The zero-order valence-electron chi connectivity index (χ0n) is 16.0. The molecule has 0 spiro atoms. The molecule has 0 saturated heterocycles. The van der Waals surface area contributed by atoms with Crippen molar-refractivity contribution in [2.45, 2.75) is 83.7 Å². The molecule has 0 aliphatic heterocycles. The molecule has 2 rings (SSSR count). The Balaban J connectivity index is 1.75. The fourth-order valence-corrected chi connectivity index (χ4v) is 3.28. The molecule has 26 heavy (non-hydrogen) atoms. The van der Waals surface area contributed by atoms with Crippen LogP contribution in [0.4, 0.5) is 0 Å². The zero-order chi connectivity index (χ0) is 18.6. The molecule has 4 nitrogen and oxygen atoms in total. The van der Waals surface area contributed by atoms with Gasteiger partial charge in [-0.3, -0.25) is 0 Å². The number of ether oxygens (including phenoxy) is 2. The lowest BCUT2D eigenvalue weighted by molar-refractivity contribution is 0.0266. The standard InChI is InChI=1S/C22H32O4/c1-2-3-4-7-10-17-25-21(23)18-13-15-19(16-14-18)22(24)26-20-11-8-5-6-9-12-20/h13-16,20H,2-12,17H2,1H3. The van der Waals surface area contributed by atoms with Gasteiger partial charge in [-0.25, -0.2) is 9.59 Å². The van der Waals surface area contributed by atoms with Crippen LogP contribution in [0.5, 0.6) is 0 Å². The molecule has 0 atom stereocenters. The van der Waals surface area contributed by atoms with Crippen LogP contribution in [0.25, 0.3) is 0 Å².